The first kappa shape index (κ1) is 18.1. The molecule has 0 aliphatic heterocycles. The molecule has 1 aliphatic carbocycles. The average Bonchev–Trinajstić information content (AvgIpc) is 2.46. The van der Waals surface area contributed by atoms with E-state index in [1.165, 1.54) is 0 Å². The number of nitrogens with one attached hydrogen (secondary N) is 1. The molecule has 120 valence electrons. The van der Waals surface area contributed by atoms with Crippen LogP contribution in [0.2, 0.25) is 0 Å². The summed E-state index contributed by atoms with van der Waals surface area (Å²) in [5.41, 5.74) is 0. The summed E-state index contributed by atoms with van der Waals surface area (Å²) in [5, 5.41) is 34.6. The molecule has 1 unspecified atom stereocenters. The lowest BCUT2D eigenvalue weighted by molar-refractivity contribution is -0.689. The minimum absolute atomic E-state index is 0.165. The van der Waals surface area contributed by atoms with E-state index in [-0.39, 0.29) is 18.6 Å². The number of rotatable bonds is 11. The van der Waals surface area contributed by atoms with E-state index in [1.807, 2.05) is 6.92 Å². The highest BCUT2D eigenvalue weighted by Gasteiger charge is 2.24. The Morgan fingerprint density at radius 2 is 1.95 bits per heavy atom. The molecule has 0 radical (unpaired) electrons. The van der Waals surface area contributed by atoms with Crippen molar-refractivity contribution in [2.75, 3.05) is 18.9 Å². The standard InChI is InChI=1S/C11H23NO7S/c1-2-20-19-18-17-16-15-8-7-12-11(14)9-3-5-10(13)6-4-9/h9-14H,2-8H2,1H3. The summed E-state index contributed by atoms with van der Waals surface area (Å²) < 4.78 is 4.43. The van der Waals surface area contributed by atoms with Gasteiger partial charge in [-0.3, -0.25) is 5.32 Å². The molecule has 8 nitrogen and oxygen atoms in total. The zero-order valence-electron chi connectivity index (χ0n) is 11.5. The molecule has 1 atom stereocenters. The summed E-state index contributed by atoms with van der Waals surface area (Å²) >= 11 is 1.05. The van der Waals surface area contributed by atoms with Crippen molar-refractivity contribution in [1.82, 2.24) is 5.32 Å². The highest BCUT2D eigenvalue weighted by molar-refractivity contribution is 7.94. The van der Waals surface area contributed by atoms with Gasteiger partial charge in [0.15, 0.2) is 0 Å². The molecule has 0 saturated heterocycles. The molecule has 0 aromatic heterocycles. The molecule has 0 heterocycles. The van der Waals surface area contributed by atoms with Crippen LogP contribution in [0.3, 0.4) is 0 Å². The number of hydrogen-bond donors (Lipinski definition) is 3. The van der Waals surface area contributed by atoms with Gasteiger partial charge in [-0.05, 0) is 46.7 Å². The lowest BCUT2D eigenvalue weighted by Gasteiger charge is -2.29. The topological polar surface area (TPSA) is 98.6 Å². The molecule has 9 heteroatoms. The van der Waals surface area contributed by atoms with E-state index >= 15 is 0 Å². The Bertz CT molecular complexity index is 229. The molecular formula is C11H23NO7S. The third kappa shape index (κ3) is 8.35. The van der Waals surface area contributed by atoms with E-state index in [4.69, 9.17) is 0 Å². The third-order valence-corrected chi connectivity index (χ3v) is 3.41. The number of hydrogen-bond acceptors (Lipinski definition) is 9. The Kier molecular flexibility index (Phi) is 10.5. The Morgan fingerprint density at radius 1 is 1.20 bits per heavy atom. The van der Waals surface area contributed by atoms with Gasteiger partial charge in [0, 0.05) is 24.3 Å². The molecule has 3 N–H and O–H groups in total. The summed E-state index contributed by atoms with van der Waals surface area (Å²) in [6.45, 7) is 2.46. The fraction of sp³-hybridized carbons (Fsp3) is 1.00. The van der Waals surface area contributed by atoms with Crippen molar-refractivity contribution >= 4 is 12.0 Å². The predicted molar refractivity (Wildman–Crippen MR) is 70.4 cm³/mol. The zero-order chi connectivity index (χ0) is 14.6. The normalized spacial score (nSPS) is 24.8. The van der Waals surface area contributed by atoms with Crippen LogP contribution in [-0.4, -0.2) is 41.4 Å². The Balaban J connectivity index is 1.88. The van der Waals surface area contributed by atoms with Crippen molar-refractivity contribution < 1.29 is 34.5 Å². The SMILES string of the molecule is CCSOOOOOCCNC(O)C1CCC(O)CC1. The van der Waals surface area contributed by atoms with Crippen LogP contribution in [0.25, 0.3) is 0 Å². The second-order valence-corrected chi connectivity index (χ2v) is 5.42. The molecule has 1 aliphatic rings. The fourth-order valence-electron chi connectivity index (χ4n) is 1.98. The maximum absolute atomic E-state index is 9.89. The van der Waals surface area contributed by atoms with Crippen molar-refractivity contribution in [2.45, 2.75) is 44.9 Å². The van der Waals surface area contributed by atoms with Crippen LogP contribution >= 0.6 is 12.0 Å². The summed E-state index contributed by atoms with van der Waals surface area (Å²) in [5.74, 6) is 0.878. The smallest absolute Gasteiger partial charge is 0.107 e. The Morgan fingerprint density at radius 3 is 2.65 bits per heavy atom. The number of aliphatic hydroxyl groups excluding tert-OH is 2. The van der Waals surface area contributed by atoms with Crippen LogP contribution in [0, 0.1) is 5.92 Å². The van der Waals surface area contributed by atoms with Gasteiger partial charge in [-0.25, -0.2) is 4.89 Å². The molecule has 1 rings (SSSR count). The van der Waals surface area contributed by atoms with Gasteiger partial charge < -0.3 is 10.2 Å². The summed E-state index contributed by atoms with van der Waals surface area (Å²) in [6.07, 6.45) is 2.29. The molecule has 0 amide bonds. The van der Waals surface area contributed by atoms with Crippen LogP contribution in [0.1, 0.15) is 32.6 Å². The minimum atomic E-state index is -0.604. The monoisotopic (exact) mass is 313 g/mol. The Labute approximate surface area is 122 Å². The summed E-state index contributed by atoms with van der Waals surface area (Å²) in [6, 6.07) is 0. The zero-order valence-corrected chi connectivity index (χ0v) is 12.3. The van der Waals surface area contributed by atoms with Gasteiger partial charge in [0.1, 0.15) is 6.23 Å². The van der Waals surface area contributed by atoms with Gasteiger partial charge in [-0.15, -0.1) is 4.33 Å². The van der Waals surface area contributed by atoms with E-state index < -0.39 is 6.23 Å². The van der Waals surface area contributed by atoms with Crippen LogP contribution in [0.15, 0.2) is 0 Å². The summed E-state index contributed by atoms with van der Waals surface area (Å²) in [7, 11) is 0. The number of aliphatic hydroxyl groups is 2. The molecule has 0 aromatic carbocycles. The lowest BCUT2D eigenvalue weighted by Crippen LogP contribution is -2.40. The summed E-state index contributed by atoms with van der Waals surface area (Å²) in [4.78, 5) is 4.62. The van der Waals surface area contributed by atoms with Crippen molar-refractivity contribution in [3.05, 3.63) is 0 Å². The largest absolute Gasteiger partial charge is 0.393 e. The second-order valence-electron chi connectivity index (χ2n) is 4.47. The first-order chi connectivity index (χ1) is 9.74. The van der Waals surface area contributed by atoms with Gasteiger partial charge in [0.05, 0.1) is 12.7 Å². The van der Waals surface area contributed by atoms with Gasteiger partial charge in [0.25, 0.3) is 0 Å². The predicted octanol–water partition coefficient (Wildman–Crippen LogP) is 0.857. The maximum atomic E-state index is 9.89. The van der Waals surface area contributed by atoms with E-state index in [0.29, 0.717) is 12.3 Å². The first-order valence-corrected chi connectivity index (χ1v) is 7.65. The molecule has 20 heavy (non-hydrogen) atoms. The Hall–Kier alpha value is 0.0300. The van der Waals surface area contributed by atoms with Gasteiger partial charge in [-0.1, -0.05) is 6.92 Å². The van der Waals surface area contributed by atoms with Crippen LogP contribution in [-0.2, 0) is 24.3 Å². The maximum Gasteiger partial charge on any atom is 0.107 e. The fourth-order valence-corrected chi connectivity index (χ4v) is 2.13. The molecule has 0 bridgehead atoms. The minimum Gasteiger partial charge on any atom is -0.393 e. The van der Waals surface area contributed by atoms with E-state index in [0.717, 1.165) is 37.7 Å². The van der Waals surface area contributed by atoms with E-state index in [2.05, 4.69) is 29.7 Å². The molecule has 1 saturated carbocycles. The highest BCUT2D eigenvalue weighted by atomic mass is 32.2. The molecule has 1 fully saturated rings. The van der Waals surface area contributed by atoms with E-state index in [1.54, 1.807) is 0 Å². The van der Waals surface area contributed by atoms with Gasteiger partial charge in [-0.2, -0.15) is 0 Å². The van der Waals surface area contributed by atoms with E-state index in [9.17, 15) is 10.2 Å². The average molecular weight is 313 g/mol. The van der Waals surface area contributed by atoms with Crippen LogP contribution < -0.4 is 5.32 Å². The van der Waals surface area contributed by atoms with Gasteiger partial charge >= 0.3 is 0 Å². The highest BCUT2D eigenvalue weighted by Crippen LogP contribution is 2.25. The molecular weight excluding hydrogens is 290 g/mol. The molecule has 0 aromatic rings. The van der Waals surface area contributed by atoms with Crippen LogP contribution in [0.4, 0.5) is 0 Å². The van der Waals surface area contributed by atoms with Crippen molar-refractivity contribution in [1.29, 1.82) is 0 Å². The molecule has 0 spiro atoms. The quantitative estimate of drug-likeness (QED) is 0.169. The second kappa shape index (κ2) is 11.7. The van der Waals surface area contributed by atoms with Crippen molar-refractivity contribution in [3.8, 4) is 0 Å². The van der Waals surface area contributed by atoms with Crippen LogP contribution in [0.5, 0.6) is 0 Å². The first-order valence-electron chi connectivity index (χ1n) is 6.74. The third-order valence-electron chi connectivity index (χ3n) is 3.02. The van der Waals surface area contributed by atoms with Crippen molar-refractivity contribution in [3.63, 3.8) is 0 Å². The van der Waals surface area contributed by atoms with Crippen molar-refractivity contribution in [2.24, 2.45) is 5.92 Å². The van der Waals surface area contributed by atoms with Gasteiger partial charge in [0.2, 0.25) is 0 Å². The lowest BCUT2D eigenvalue weighted by atomic mass is 9.86.